The van der Waals surface area contributed by atoms with Crippen molar-refractivity contribution >= 4 is 45.7 Å². The molecule has 1 saturated heterocycles. The molecule has 1 aliphatic rings. The molecule has 2 aromatic rings. The van der Waals surface area contributed by atoms with E-state index in [0.29, 0.717) is 17.9 Å². The third-order valence-corrected chi connectivity index (χ3v) is 6.50. The van der Waals surface area contributed by atoms with Crippen molar-refractivity contribution in [1.82, 2.24) is 20.2 Å². The zero-order chi connectivity index (χ0) is 20.5. The molecule has 10 heteroatoms. The average molecular weight is 544 g/mol. The van der Waals surface area contributed by atoms with Crippen molar-refractivity contribution in [3.05, 3.63) is 48.8 Å². The SMILES string of the molecule is CCNC(=NCCCS(=O)(=O)c1ccccc1)N1CCN(c2ncccn2)CC1.I. The standard InChI is InChI=1S/C20H28N6O2S.HI/c1-2-21-19(24-12-7-17-29(27,28)18-8-4-3-5-9-18)25-13-15-26(16-14-25)20-22-10-6-11-23-20;/h3-6,8-11H,2,7,12-17H2,1H3,(H,21,24);1H. The highest BCUT2D eigenvalue weighted by atomic mass is 127. The highest BCUT2D eigenvalue weighted by molar-refractivity contribution is 14.0. The number of benzene rings is 1. The van der Waals surface area contributed by atoms with Crippen molar-refractivity contribution in [2.75, 3.05) is 49.9 Å². The normalized spacial score (nSPS) is 14.9. The Hall–Kier alpha value is -1.95. The van der Waals surface area contributed by atoms with E-state index in [4.69, 9.17) is 0 Å². The van der Waals surface area contributed by atoms with Crippen molar-refractivity contribution in [3.8, 4) is 0 Å². The summed E-state index contributed by atoms with van der Waals surface area (Å²) >= 11 is 0. The average Bonchev–Trinajstić information content (AvgIpc) is 2.77. The molecule has 2 heterocycles. The second-order valence-corrected chi connectivity index (χ2v) is 8.85. The van der Waals surface area contributed by atoms with Crippen molar-refractivity contribution < 1.29 is 8.42 Å². The fourth-order valence-corrected chi connectivity index (χ4v) is 4.50. The van der Waals surface area contributed by atoms with Gasteiger partial charge in [0.15, 0.2) is 15.8 Å². The fourth-order valence-electron chi connectivity index (χ4n) is 3.18. The monoisotopic (exact) mass is 544 g/mol. The molecule has 1 aliphatic heterocycles. The summed E-state index contributed by atoms with van der Waals surface area (Å²) in [5, 5.41) is 3.31. The lowest BCUT2D eigenvalue weighted by atomic mass is 10.3. The molecule has 0 radical (unpaired) electrons. The van der Waals surface area contributed by atoms with E-state index in [1.165, 1.54) is 0 Å². The Labute approximate surface area is 195 Å². The van der Waals surface area contributed by atoms with E-state index < -0.39 is 9.84 Å². The minimum Gasteiger partial charge on any atom is -0.357 e. The van der Waals surface area contributed by atoms with Gasteiger partial charge in [-0.3, -0.25) is 4.99 Å². The van der Waals surface area contributed by atoms with Gasteiger partial charge in [0.25, 0.3) is 0 Å². The molecule has 30 heavy (non-hydrogen) atoms. The predicted octanol–water partition coefficient (Wildman–Crippen LogP) is 2.05. The van der Waals surface area contributed by atoms with Gasteiger partial charge in [0.05, 0.1) is 10.6 Å². The molecule has 0 bridgehead atoms. The summed E-state index contributed by atoms with van der Waals surface area (Å²) in [6.07, 6.45) is 4.00. The van der Waals surface area contributed by atoms with E-state index in [1.807, 2.05) is 19.1 Å². The molecule has 0 saturated carbocycles. The van der Waals surface area contributed by atoms with Crippen LogP contribution in [-0.2, 0) is 9.84 Å². The fraction of sp³-hybridized carbons (Fsp3) is 0.450. The summed E-state index contributed by atoms with van der Waals surface area (Å²) in [4.78, 5) is 18.0. The summed E-state index contributed by atoms with van der Waals surface area (Å²) in [6.45, 7) is 6.52. The quantitative estimate of drug-likeness (QED) is 0.247. The lowest BCUT2D eigenvalue weighted by molar-refractivity contribution is 0.370. The summed E-state index contributed by atoms with van der Waals surface area (Å²) in [6, 6.07) is 10.4. The number of piperazine rings is 1. The van der Waals surface area contributed by atoms with Gasteiger partial charge in [0.1, 0.15) is 0 Å². The highest BCUT2D eigenvalue weighted by Crippen LogP contribution is 2.12. The van der Waals surface area contributed by atoms with Gasteiger partial charge in [-0.25, -0.2) is 18.4 Å². The van der Waals surface area contributed by atoms with Gasteiger partial charge in [-0.15, -0.1) is 24.0 Å². The van der Waals surface area contributed by atoms with Gasteiger partial charge in [-0.2, -0.15) is 0 Å². The van der Waals surface area contributed by atoms with Crippen molar-refractivity contribution in [2.45, 2.75) is 18.2 Å². The van der Waals surface area contributed by atoms with Crippen LogP contribution >= 0.6 is 24.0 Å². The Kier molecular flexibility index (Phi) is 9.76. The van der Waals surface area contributed by atoms with Gasteiger partial charge in [0.2, 0.25) is 5.95 Å². The lowest BCUT2D eigenvalue weighted by Crippen LogP contribution is -2.53. The van der Waals surface area contributed by atoms with Crippen molar-refractivity contribution in [1.29, 1.82) is 0 Å². The van der Waals surface area contributed by atoms with E-state index in [2.05, 4.69) is 30.1 Å². The number of anilines is 1. The molecule has 0 aliphatic carbocycles. The first-order chi connectivity index (χ1) is 14.1. The van der Waals surface area contributed by atoms with Crippen molar-refractivity contribution in [3.63, 3.8) is 0 Å². The van der Waals surface area contributed by atoms with Crippen LogP contribution in [0.15, 0.2) is 58.7 Å². The number of halogens is 1. The molecule has 3 rings (SSSR count). The van der Waals surface area contributed by atoms with Gasteiger partial charge in [-0.1, -0.05) is 18.2 Å². The highest BCUT2D eigenvalue weighted by Gasteiger charge is 2.21. The number of aromatic nitrogens is 2. The van der Waals surface area contributed by atoms with Crippen LogP contribution in [-0.4, -0.2) is 74.3 Å². The number of hydrogen-bond acceptors (Lipinski definition) is 6. The molecular formula is C20H29IN6O2S. The summed E-state index contributed by atoms with van der Waals surface area (Å²) in [5.41, 5.74) is 0. The van der Waals surface area contributed by atoms with E-state index in [9.17, 15) is 8.42 Å². The van der Waals surface area contributed by atoms with Crippen LogP contribution in [0.5, 0.6) is 0 Å². The molecule has 0 unspecified atom stereocenters. The van der Waals surface area contributed by atoms with Crippen LogP contribution in [0, 0.1) is 0 Å². The molecule has 8 nitrogen and oxygen atoms in total. The van der Waals surface area contributed by atoms with Crippen LogP contribution in [0.3, 0.4) is 0 Å². The van der Waals surface area contributed by atoms with E-state index in [1.54, 1.807) is 36.7 Å². The second-order valence-electron chi connectivity index (χ2n) is 6.74. The first kappa shape index (κ1) is 24.3. The topological polar surface area (TPSA) is 90.8 Å². The first-order valence-electron chi connectivity index (χ1n) is 9.93. The molecule has 1 aromatic heterocycles. The molecule has 1 fully saturated rings. The Bertz CT molecular complexity index is 888. The van der Waals surface area contributed by atoms with E-state index in [0.717, 1.165) is 44.6 Å². The third kappa shape index (κ3) is 6.79. The van der Waals surface area contributed by atoms with E-state index >= 15 is 0 Å². The summed E-state index contributed by atoms with van der Waals surface area (Å²) in [5.74, 6) is 1.68. The van der Waals surface area contributed by atoms with Crippen LogP contribution in [0.4, 0.5) is 5.95 Å². The zero-order valence-electron chi connectivity index (χ0n) is 17.1. The number of guanidine groups is 1. The largest absolute Gasteiger partial charge is 0.357 e. The number of rotatable bonds is 7. The maximum atomic E-state index is 12.4. The molecule has 0 amide bonds. The second kappa shape index (κ2) is 12.0. The Balaban J connectivity index is 0.00000320. The molecule has 0 atom stereocenters. The van der Waals surface area contributed by atoms with Crippen LogP contribution in [0.2, 0.25) is 0 Å². The van der Waals surface area contributed by atoms with Crippen molar-refractivity contribution in [2.24, 2.45) is 4.99 Å². The molecule has 0 spiro atoms. The zero-order valence-corrected chi connectivity index (χ0v) is 20.3. The van der Waals surface area contributed by atoms with Gasteiger partial charge >= 0.3 is 0 Å². The Morgan fingerprint density at radius 2 is 1.73 bits per heavy atom. The van der Waals surface area contributed by atoms with Crippen LogP contribution in [0.1, 0.15) is 13.3 Å². The van der Waals surface area contributed by atoms with Gasteiger partial charge in [-0.05, 0) is 31.5 Å². The minimum atomic E-state index is -3.26. The third-order valence-electron chi connectivity index (χ3n) is 4.68. The molecule has 1 aromatic carbocycles. The number of sulfone groups is 1. The Morgan fingerprint density at radius 3 is 2.37 bits per heavy atom. The number of hydrogen-bond donors (Lipinski definition) is 1. The Morgan fingerprint density at radius 1 is 1.07 bits per heavy atom. The maximum absolute atomic E-state index is 12.4. The number of aliphatic imine (C=N–C) groups is 1. The number of nitrogens with one attached hydrogen (secondary N) is 1. The maximum Gasteiger partial charge on any atom is 0.225 e. The predicted molar refractivity (Wildman–Crippen MR) is 130 cm³/mol. The lowest BCUT2D eigenvalue weighted by Gasteiger charge is -2.36. The van der Waals surface area contributed by atoms with Gasteiger partial charge in [0, 0.05) is 51.7 Å². The van der Waals surface area contributed by atoms with Crippen LogP contribution < -0.4 is 10.2 Å². The van der Waals surface area contributed by atoms with Gasteiger partial charge < -0.3 is 15.1 Å². The molecule has 1 N–H and O–H groups in total. The first-order valence-corrected chi connectivity index (χ1v) is 11.6. The summed E-state index contributed by atoms with van der Waals surface area (Å²) in [7, 11) is -3.26. The molecule has 164 valence electrons. The van der Waals surface area contributed by atoms with E-state index in [-0.39, 0.29) is 29.7 Å². The summed E-state index contributed by atoms with van der Waals surface area (Å²) < 4.78 is 24.8. The number of nitrogens with zero attached hydrogens (tertiary/aromatic N) is 5. The minimum absolute atomic E-state index is 0. The smallest absolute Gasteiger partial charge is 0.225 e. The van der Waals surface area contributed by atoms with Crippen LogP contribution in [0.25, 0.3) is 0 Å². The molecular weight excluding hydrogens is 515 g/mol.